The first kappa shape index (κ1) is 18.2. The number of carbonyl (C=O) groups excluding carboxylic acids is 1. The molecule has 5 nitrogen and oxygen atoms in total. The summed E-state index contributed by atoms with van der Waals surface area (Å²) < 4.78 is 29.0. The lowest BCUT2D eigenvalue weighted by molar-refractivity contribution is -0.126. The highest BCUT2D eigenvalue weighted by atomic mass is 19.3. The number of halogens is 2. The molecule has 0 aromatic heterocycles. The molecule has 1 aromatic carbocycles. The average Bonchev–Trinajstić information content (AvgIpc) is 2.55. The van der Waals surface area contributed by atoms with Gasteiger partial charge in [0.2, 0.25) is 0 Å². The van der Waals surface area contributed by atoms with Gasteiger partial charge in [0.25, 0.3) is 5.91 Å². The van der Waals surface area contributed by atoms with Crippen molar-refractivity contribution < 1.29 is 23.1 Å². The molecular formula is C17H22F2N2O3. The van der Waals surface area contributed by atoms with Crippen molar-refractivity contribution in [3.05, 3.63) is 29.8 Å². The van der Waals surface area contributed by atoms with Crippen LogP contribution in [0.5, 0.6) is 5.75 Å². The number of alkyl halides is 2. The van der Waals surface area contributed by atoms with Crippen LogP contribution in [0.15, 0.2) is 29.4 Å². The van der Waals surface area contributed by atoms with E-state index in [2.05, 4.69) is 22.1 Å². The van der Waals surface area contributed by atoms with Crippen LogP contribution in [0.25, 0.3) is 0 Å². The Bertz CT molecular complexity index is 567. The summed E-state index contributed by atoms with van der Waals surface area (Å²) in [5.41, 5.74) is 0.346. The van der Waals surface area contributed by atoms with Gasteiger partial charge in [-0.05, 0) is 30.9 Å². The molecule has 1 aliphatic carbocycles. The van der Waals surface area contributed by atoms with Gasteiger partial charge in [-0.3, -0.25) is 4.79 Å². The Hall–Kier alpha value is -2.18. The monoisotopic (exact) mass is 340 g/mol. The van der Waals surface area contributed by atoms with E-state index >= 15 is 0 Å². The first-order valence-electron chi connectivity index (χ1n) is 8.05. The quantitative estimate of drug-likeness (QED) is 0.612. The minimum atomic E-state index is -2.91. The third kappa shape index (κ3) is 5.79. The summed E-state index contributed by atoms with van der Waals surface area (Å²) in [5.74, 6) is 0.230. The van der Waals surface area contributed by atoms with Gasteiger partial charge in [0.05, 0.1) is 6.21 Å². The lowest BCUT2D eigenvalue weighted by Gasteiger charge is -2.29. The van der Waals surface area contributed by atoms with Crippen LogP contribution in [-0.4, -0.2) is 31.4 Å². The zero-order valence-electron chi connectivity index (χ0n) is 13.6. The van der Waals surface area contributed by atoms with Gasteiger partial charge in [-0.1, -0.05) is 37.1 Å². The molecule has 1 saturated carbocycles. The third-order valence-electron chi connectivity index (χ3n) is 4.05. The predicted octanol–water partition coefficient (Wildman–Crippen LogP) is 3.33. The zero-order valence-corrected chi connectivity index (χ0v) is 13.6. The van der Waals surface area contributed by atoms with Crippen LogP contribution in [0.3, 0.4) is 0 Å². The molecule has 0 heterocycles. The summed E-state index contributed by atoms with van der Waals surface area (Å²) >= 11 is 0. The van der Waals surface area contributed by atoms with E-state index < -0.39 is 6.61 Å². The molecule has 2 unspecified atom stereocenters. The van der Waals surface area contributed by atoms with Crippen LogP contribution in [0.1, 0.15) is 38.2 Å². The van der Waals surface area contributed by atoms with Crippen molar-refractivity contribution >= 4 is 12.1 Å². The molecule has 0 spiro atoms. The number of nitrogens with zero attached hydrogens (tertiary/aromatic N) is 1. The van der Waals surface area contributed by atoms with Crippen LogP contribution >= 0.6 is 0 Å². The van der Waals surface area contributed by atoms with E-state index in [9.17, 15) is 13.6 Å². The highest BCUT2D eigenvalue weighted by molar-refractivity contribution is 5.83. The highest BCUT2D eigenvalue weighted by Gasteiger charge is 2.22. The van der Waals surface area contributed by atoms with Crippen molar-refractivity contribution in [1.82, 2.24) is 5.32 Å². The molecule has 7 heteroatoms. The maximum Gasteiger partial charge on any atom is 0.387 e. The van der Waals surface area contributed by atoms with Gasteiger partial charge >= 0.3 is 6.61 Å². The normalized spacial score (nSPS) is 21.0. The van der Waals surface area contributed by atoms with E-state index in [-0.39, 0.29) is 24.3 Å². The molecule has 1 aromatic rings. The summed E-state index contributed by atoms with van der Waals surface area (Å²) in [6.45, 7) is -0.996. The van der Waals surface area contributed by atoms with Crippen LogP contribution < -0.4 is 10.1 Å². The summed E-state index contributed by atoms with van der Waals surface area (Å²) in [5, 5.41) is 6.59. The number of nitrogens with one attached hydrogen (secondary N) is 1. The van der Waals surface area contributed by atoms with Crippen molar-refractivity contribution in [2.24, 2.45) is 11.1 Å². The second kappa shape index (κ2) is 9.20. The van der Waals surface area contributed by atoms with E-state index in [4.69, 9.17) is 4.84 Å². The summed E-state index contributed by atoms with van der Waals surface area (Å²) in [4.78, 5) is 16.8. The summed E-state index contributed by atoms with van der Waals surface area (Å²) in [7, 11) is 0. The zero-order chi connectivity index (χ0) is 17.4. The molecule has 2 rings (SSSR count). The molecule has 1 fully saturated rings. The van der Waals surface area contributed by atoms with Crippen LogP contribution in [0, 0.1) is 5.92 Å². The number of benzene rings is 1. The van der Waals surface area contributed by atoms with Gasteiger partial charge in [-0.25, -0.2) is 0 Å². The first-order chi connectivity index (χ1) is 11.6. The fourth-order valence-corrected chi connectivity index (χ4v) is 2.76. The molecule has 0 radical (unpaired) electrons. The largest absolute Gasteiger partial charge is 0.434 e. The Morgan fingerprint density at radius 1 is 1.38 bits per heavy atom. The average molecular weight is 340 g/mol. The van der Waals surface area contributed by atoms with E-state index in [1.807, 2.05) is 0 Å². The Kier molecular flexibility index (Phi) is 6.96. The van der Waals surface area contributed by atoms with Gasteiger partial charge < -0.3 is 14.9 Å². The van der Waals surface area contributed by atoms with Crippen molar-refractivity contribution in [3.8, 4) is 5.75 Å². The van der Waals surface area contributed by atoms with Gasteiger partial charge in [-0.15, -0.1) is 0 Å². The molecule has 1 amide bonds. The Morgan fingerprint density at radius 2 is 2.12 bits per heavy atom. The second-order valence-corrected chi connectivity index (χ2v) is 5.86. The standard InChI is InChI=1S/C17H22F2N2O3/c1-12-6-2-4-8-14(12)21-16(22)11-23-20-10-13-7-3-5-9-15(13)24-17(18)19/h3,5,7,9-10,12,14,17H,2,4,6,8,11H2,1H3,(H,21,22)/b20-10+. The van der Waals surface area contributed by atoms with Crippen LogP contribution in [0.4, 0.5) is 8.78 Å². The lowest BCUT2D eigenvalue weighted by Crippen LogP contribution is -2.42. The number of amides is 1. The molecule has 1 aliphatic rings. The van der Waals surface area contributed by atoms with E-state index in [0.29, 0.717) is 11.5 Å². The number of hydrogen-bond acceptors (Lipinski definition) is 4. The number of ether oxygens (including phenoxy) is 1. The molecule has 0 aliphatic heterocycles. The smallest absolute Gasteiger partial charge is 0.387 e. The number of hydrogen-bond donors (Lipinski definition) is 1. The Balaban J connectivity index is 1.79. The van der Waals surface area contributed by atoms with Crippen molar-refractivity contribution in [2.45, 2.75) is 45.3 Å². The topological polar surface area (TPSA) is 59.9 Å². The van der Waals surface area contributed by atoms with E-state index in [1.165, 1.54) is 18.7 Å². The highest BCUT2D eigenvalue weighted by Crippen LogP contribution is 2.23. The maximum atomic E-state index is 12.3. The molecule has 0 bridgehead atoms. The fourth-order valence-electron chi connectivity index (χ4n) is 2.76. The van der Waals surface area contributed by atoms with Crippen molar-refractivity contribution in [2.75, 3.05) is 6.61 Å². The molecule has 2 atom stereocenters. The second-order valence-electron chi connectivity index (χ2n) is 5.86. The van der Waals surface area contributed by atoms with Crippen LogP contribution in [0.2, 0.25) is 0 Å². The first-order valence-corrected chi connectivity index (χ1v) is 8.05. The molecule has 1 N–H and O–H groups in total. The SMILES string of the molecule is CC1CCCCC1NC(=O)CO/N=C/c1ccccc1OC(F)F. The maximum absolute atomic E-state index is 12.3. The molecule has 0 saturated heterocycles. The van der Waals surface area contributed by atoms with Gasteiger partial charge in [0.15, 0.2) is 6.61 Å². The third-order valence-corrected chi connectivity index (χ3v) is 4.05. The molecular weight excluding hydrogens is 318 g/mol. The number of para-hydroxylation sites is 1. The van der Waals surface area contributed by atoms with Crippen molar-refractivity contribution in [3.63, 3.8) is 0 Å². The minimum Gasteiger partial charge on any atom is -0.434 e. The summed E-state index contributed by atoms with van der Waals surface area (Å²) in [6.07, 6.45) is 5.66. The number of rotatable bonds is 7. The summed E-state index contributed by atoms with van der Waals surface area (Å²) in [6, 6.07) is 6.39. The fraction of sp³-hybridized carbons (Fsp3) is 0.529. The van der Waals surface area contributed by atoms with Crippen molar-refractivity contribution in [1.29, 1.82) is 0 Å². The lowest BCUT2D eigenvalue weighted by atomic mass is 9.86. The Morgan fingerprint density at radius 3 is 2.88 bits per heavy atom. The van der Waals surface area contributed by atoms with Crippen LogP contribution in [-0.2, 0) is 9.63 Å². The number of oxime groups is 1. The Labute approximate surface area is 140 Å². The van der Waals surface area contributed by atoms with Gasteiger partial charge in [-0.2, -0.15) is 8.78 Å². The van der Waals surface area contributed by atoms with Gasteiger partial charge in [0.1, 0.15) is 5.75 Å². The minimum absolute atomic E-state index is 0.000307. The van der Waals surface area contributed by atoms with Gasteiger partial charge in [0, 0.05) is 11.6 Å². The van der Waals surface area contributed by atoms with E-state index in [1.54, 1.807) is 18.2 Å². The molecule has 24 heavy (non-hydrogen) atoms. The number of carbonyl (C=O) groups is 1. The predicted molar refractivity (Wildman–Crippen MR) is 86.2 cm³/mol. The van der Waals surface area contributed by atoms with E-state index in [0.717, 1.165) is 19.3 Å². The molecule has 132 valence electrons.